The van der Waals surface area contributed by atoms with Gasteiger partial charge in [-0.25, -0.2) is 0 Å². The first-order chi connectivity index (χ1) is 22.3. The minimum Gasteiger partial charge on any atom is -0.349 e. The Balaban J connectivity index is 1.23. The second kappa shape index (κ2) is 12.9. The van der Waals surface area contributed by atoms with E-state index in [1.807, 2.05) is 53.7 Å². The van der Waals surface area contributed by atoms with Crippen molar-refractivity contribution >= 4 is 17.5 Å². The van der Waals surface area contributed by atoms with Crippen molar-refractivity contribution in [2.45, 2.75) is 63.3 Å². The predicted molar refractivity (Wildman–Crippen MR) is 173 cm³/mol. The number of aromatic nitrogens is 3. The summed E-state index contributed by atoms with van der Waals surface area (Å²) in [5, 5.41) is 11.5. The number of benzene rings is 2. The number of hydrogen-bond acceptors (Lipinski definition) is 6. The molecule has 1 aliphatic carbocycles. The summed E-state index contributed by atoms with van der Waals surface area (Å²) < 4.78 is 45.4. The van der Waals surface area contributed by atoms with E-state index < -0.39 is 17.6 Å². The van der Waals surface area contributed by atoms with Crippen LogP contribution in [0.3, 0.4) is 0 Å². The second-order valence-corrected chi connectivity index (χ2v) is 13.7. The normalized spacial score (nSPS) is 23.4. The molecule has 2 aliphatic heterocycles. The lowest BCUT2D eigenvalue weighted by Gasteiger charge is -2.46. The minimum atomic E-state index is -4.62. The molecule has 1 saturated heterocycles. The molecule has 0 radical (unpaired) electrons. The molecule has 1 atom stereocenters. The maximum atomic E-state index is 14.5. The average molecular weight is 650 g/mol. The van der Waals surface area contributed by atoms with Crippen LogP contribution in [0.2, 0.25) is 0 Å². The minimum absolute atomic E-state index is 0.00484. The highest BCUT2D eigenvalue weighted by atomic mass is 19.4. The van der Waals surface area contributed by atoms with Crippen molar-refractivity contribution in [2.24, 2.45) is 13.0 Å². The average Bonchev–Trinajstić information content (AvgIpc) is 3.57. The highest BCUT2D eigenvalue weighted by Gasteiger charge is 2.48. The van der Waals surface area contributed by atoms with Crippen molar-refractivity contribution in [3.05, 3.63) is 88.5 Å². The van der Waals surface area contributed by atoms with Crippen LogP contribution in [0.4, 0.5) is 18.9 Å². The van der Waals surface area contributed by atoms with Gasteiger partial charge < -0.3 is 19.7 Å². The number of nitrogens with one attached hydrogen (secondary N) is 1. The van der Waals surface area contributed by atoms with Gasteiger partial charge in [-0.1, -0.05) is 25.1 Å². The van der Waals surface area contributed by atoms with Gasteiger partial charge in [0.15, 0.2) is 0 Å². The van der Waals surface area contributed by atoms with Crippen LogP contribution in [-0.2, 0) is 36.5 Å². The summed E-state index contributed by atoms with van der Waals surface area (Å²) in [6.07, 6.45) is 3.70. The van der Waals surface area contributed by atoms with Crippen LogP contribution in [0.5, 0.6) is 0 Å². The molecule has 3 aromatic rings. The van der Waals surface area contributed by atoms with Gasteiger partial charge >= 0.3 is 6.18 Å². The fraction of sp³-hybridized carbons (Fsp3) is 0.486. The SMILES string of the molecule is CC1CC(c2cccc(N3Cc4c(cc(CN5CCCC(NC(=O)/C=C/CN(C)C)C5)cc4C(F)(F)F)C3=O)c2)(c2nncn2C)C1. The number of carbonyl (C=O) groups excluding carboxylic acids is 2. The highest BCUT2D eigenvalue weighted by Crippen LogP contribution is 2.52. The van der Waals surface area contributed by atoms with Gasteiger partial charge in [-0.2, -0.15) is 13.2 Å². The van der Waals surface area contributed by atoms with Gasteiger partial charge in [-0.15, -0.1) is 10.2 Å². The lowest BCUT2D eigenvalue weighted by molar-refractivity contribution is -0.138. The molecule has 12 heteroatoms. The van der Waals surface area contributed by atoms with Gasteiger partial charge in [-0.05, 0) is 93.2 Å². The third-order valence-electron chi connectivity index (χ3n) is 9.65. The number of amides is 2. The smallest absolute Gasteiger partial charge is 0.349 e. The third-order valence-corrected chi connectivity index (χ3v) is 9.65. The van der Waals surface area contributed by atoms with E-state index in [-0.39, 0.29) is 41.6 Å². The fourth-order valence-corrected chi connectivity index (χ4v) is 7.58. The quantitative estimate of drug-likeness (QED) is 0.332. The maximum Gasteiger partial charge on any atom is 0.416 e. The topological polar surface area (TPSA) is 86.6 Å². The Morgan fingerprint density at radius 1 is 1.19 bits per heavy atom. The number of alkyl halides is 3. The first kappa shape index (κ1) is 32.9. The number of hydrogen-bond donors (Lipinski definition) is 1. The second-order valence-electron chi connectivity index (χ2n) is 13.7. The molecule has 2 fully saturated rings. The number of piperidine rings is 1. The molecule has 9 nitrogen and oxygen atoms in total. The van der Waals surface area contributed by atoms with Gasteiger partial charge in [0.05, 0.1) is 17.5 Å². The fourth-order valence-electron chi connectivity index (χ4n) is 7.58. The molecule has 1 aromatic heterocycles. The van der Waals surface area contributed by atoms with Crippen molar-refractivity contribution in [1.82, 2.24) is 29.9 Å². The molecule has 2 aromatic carbocycles. The zero-order valence-electron chi connectivity index (χ0n) is 27.3. The molecule has 250 valence electrons. The highest BCUT2D eigenvalue weighted by molar-refractivity contribution is 6.10. The van der Waals surface area contributed by atoms with E-state index in [1.54, 1.807) is 24.5 Å². The number of carbonyl (C=O) groups is 2. The Hall–Kier alpha value is -4.03. The van der Waals surface area contributed by atoms with Gasteiger partial charge in [0.1, 0.15) is 12.2 Å². The largest absolute Gasteiger partial charge is 0.416 e. The van der Waals surface area contributed by atoms with E-state index in [0.29, 0.717) is 36.8 Å². The summed E-state index contributed by atoms with van der Waals surface area (Å²) in [5.74, 6) is 0.706. The van der Waals surface area contributed by atoms with E-state index in [2.05, 4.69) is 22.4 Å². The van der Waals surface area contributed by atoms with Crippen molar-refractivity contribution in [3.8, 4) is 0 Å². The van der Waals surface area contributed by atoms with E-state index in [4.69, 9.17) is 0 Å². The summed E-state index contributed by atoms with van der Waals surface area (Å²) in [7, 11) is 5.74. The molecule has 1 N–H and O–H groups in total. The molecule has 3 heterocycles. The molecular weight excluding hydrogens is 607 g/mol. The summed E-state index contributed by atoms with van der Waals surface area (Å²) in [4.78, 5) is 31.7. The molecule has 1 unspecified atom stereocenters. The molecular formula is C35H42F3N7O2. The number of halogens is 3. The van der Waals surface area contributed by atoms with Crippen LogP contribution in [0.25, 0.3) is 0 Å². The number of anilines is 1. The summed E-state index contributed by atoms with van der Waals surface area (Å²) in [5.41, 5.74) is 0.933. The van der Waals surface area contributed by atoms with Crippen molar-refractivity contribution < 1.29 is 22.8 Å². The first-order valence-corrected chi connectivity index (χ1v) is 16.2. The number of nitrogens with zero attached hydrogens (tertiary/aromatic N) is 6. The van der Waals surface area contributed by atoms with Crippen LogP contribution in [0, 0.1) is 5.92 Å². The van der Waals surface area contributed by atoms with Crippen LogP contribution in [-0.4, -0.2) is 76.2 Å². The van der Waals surface area contributed by atoms with Gasteiger partial charge in [0.2, 0.25) is 5.91 Å². The molecule has 0 spiro atoms. The van der Waals surface area contributed by atoms with E-state index in [1.165, 1.54) is 17.0 Å². The van der Waals surface area contributed by atoms with Gasteiger partial charge in [0, 0.05) is 50.1 Å². The molecule has 0 bridgehead atoms. The first-order valence-electron chi connectivity index (χ1n) is 16.2. The van der Waals surface area contributed by atoms with Crippen LogP contribution in [0.1, 0.15) is 71.0 Å². The monoisotopic (exact) mass is 649 g/mol. The summed E-state index contributed by atoms with van der Waals surface area (Å²) in [6.45, 7) is 4.14. The van der Waals surface area contributed by atoms with E-state index in [9.17, 15) is 22.8 Å². The number of likely N-dealkylation sites (tertiary alicyclic amines) is 1. The number of likely N-dealkylation sites (N-methyl/N-ethyl adjacent to an activating group) is 1. The number of fused-ring (bicyclic) bond motifs is 1. The zero-order chi connectivity index (χ0) is 33.5. The third kappa shape index (κ3) is 6.71. The Bertz CT molecular complexity index is 1680. The van der Waals surface area contributed by atoms with Crippen molar-refractivity contribution in [3.63, 3.8) is 0 Å². The number of aryl methyl sites for hydroxylation is 1. The molecule has 2 amide bonds. The molecule has 47 heavy (non-hydrogen) atoms. The molecule has 6 rings (SSSR count). The van der Waals surface area contributed by atoms with Crippen molar-refractivity contribution in [2.75, 3.05) is 38.6 Å². The van der Waals surface area contributed by atoms with E-state index >= 15 is 0 Å². The van der Waals surface area contributed by atoms with Gasteiger partial charge in [-0.3, -0.25) is 14.5 Å². The Kier molecular flexibility index (Phi) is 9.01. The van der Waals surface area contributed by atoms with E-state index in [0.717, 1.165) is 37.1 Å². The number of rotatable bonds is 9. The Morgan fingerprint density at radius 3 is 2.66 bits per heavy atom. The summed E-state index contributed by atoms with van der Waals surface area (Å²) >= 11 is 0. The molecule has 3 aliphatic rings. The molecule has 1 saturated carbocycles. The van der Waals surface area contributed by atoms with Crippen LogP contribution < -0.4 is 10.2 Å². The van der Waals surface area contributed by atoms with Crippen molar-refractivity contribution in [1.29, 1.82) is 0 Å². The Morgan fingerprint density at radius 2 is 1.98 bits per heavy atom. The maximum absolute atomic E-state index is 14.5. The Labute approximate surface area is 273 Å². The zero-order valence-corrected chi connectivity index (χ0v) is 27.3. The predicted octanol–water partition coefficient (Wildman–Crippen LogP) is 4.91. The summed E-state index contributed by atoms with van der Waals surface area (Å²) in [6, 6.07) is 10.3. The lowest BCUT2D eigenvalue weighted by Crippen LogP contribution is -2.47. The van der Waals surface area contributed by atoms with Crippen LogP contribution >= 0.6 is 0 Å². The lowest BCUT2D eigenvalue weighted by atomic mass is 9.58. The standard InChI is InChI=1S/C35H42F3N7O2/c1-23-17-34(18-23,33-41-39-22-43(33)4)25-8-5-10-27(16-25)45-21-29-28(32(45)47)14-24(15-30(29)35(36,37)38)19-44-13-6-9-26(20-44)40-31(46)11-7-12-42(2)3/h5,7-8,10-11,14-16,22-23,26H,6,9,12-13,17-21H2,1-4H3,(H,40,46)/b11-7+. The van der Waals surface area contributed by atoms with Crippen LogP contribution in [0.15, 0.2) is 54.9 Å². The van der Waals surface area contributed by atoms with Gasteiger partial charge in [0.25, 0.3) is 5.91 Å².